The van der Waals surface area contributed by atoms with Crippen LogP contribution in [-0.2, 0) is 11.3 Å². The highest BCUT2D eigenvalue weighted by Crippen LogP contribution is 2.39. The molecule has 4 aromatic heterocycles. The normalized spacial score (nSPS) is 17.2. The summed E-state index contributed by atoms with van der Waals surface area (Å²) < 4.78 is 5.15. The van der Waals surface area contributed by atoms with Gasteiger partial charge in [-0.25, -0.2) is 14.5 Å². The molecule has 5 N–H and O–H groups in total. The van der Waals surface area contributed by atoms with Gasteiger partial charge in [0.05, 0.1) is 5.69 Å². The first-order valence-electron chi connectivity index (χ1n) is 15.9. The maximum Gasteiger partial charge on any atom is 0.286 e. The number of amides is 2. The minimum atomic E-state index is -1.41. The number of nitrogens with zero attached hydrogens (tertiary/aromatic N) is 7. The second-order valence-corrected chi connectivity index (χ2v) is 12.9. The largest absolute Gasteiger partial charge is 0.382 e. The van der Waals surface area contributed by atoms with Gasteiger partial charge in [0.15, 0.2) is 11.6 Å². The highest BCUT2D eigenvalue weighted by atomic mass is 16.3. The van der Waals surface area contributed by atoms with Crippen molar-refractivity contribution in [2.75, 3.05) is 18.8 Å². The fraction of sp³-hybridized carbons (Fsp3) is 0.353. The molecule has 1 saturated heterocycles. The third-order valence-corrected chi connectivity index (χ3v) is 9.45. The van der Waals surface area contributed by atoms with E-state index in [1.165, 1.54) is 24.9 Å². The van der Waals surface area contributed by atoms with Gasteiger partial charge in [-0.3, -0.25) is 19.1 Å². The van der Waals surface area contributed by atoms with Crippen molar-refractivity contribution in [3.63, 3.8) is 0 Å². The van der Waals surface area contributed by atoms with Gasteiger partial charge in [0.2, 0.25) is 0 Å². The van der Waals surface area contributed by atoms with E-state index in [-0.39, 0.29) is 23.3 Å². The number of nitrogens with two attached hydrogens (primary N) is 2. The number of aliphatic hydroxyl groups is 1. The van der Waals surface area contributed by atoms with Gasteiger partial charge in [0.25, 0.3) is 17.4 Å². The molecule has 0 radical (unpaired) electrons. The number of pyridine rings is 1. The summed E-state index contributed by atoms with van der Waals surface area (Å²) in [7, 11) is 0. The molecule has 5 aromatic rings. The van der Waals surface area contributed by atoms with Gasteiger partial charge in [-0.05, 0) is 68.9 Å². The molecular weight excluding hydrogens is 598 g/mol. The van der Waals surface area contributed by atoms with E-state index in [1.54, 1.807) is 29.3 Å². The zero-order valence-electron chi connectivity index (χ0n) is 26.3. The van der Waals surface area contributed by atoms with Crippen LogP contribution < -0.4 is 17.0 Å². The molecule has 0 bridgehead atoms. The van der Waals surface area contributed by atoms with Crippen molar-refractivity contribution in [2.24, 2.45) is 5.73 Å². The van der Waals surface area contributed by atoms with Crippen LogP contribution in [0.1, 0.15) is 78.7 Å². The van der Waals surface area contributed by atoms with Crippen molar-refractivity contribution in [2.45, 2.75) is 63.5 Å². The standard InChI is InChI=1S/C34H37N9O4/c1-34(2,47)33(46)40-16-12-22(13-17-40)25-18-24(29-30(35)38-19-39-42(25)29)21-10-8-20(9-11-21)23-6-5-15-41-28(23)27(31(36)44)32(45)43(41)26-7-3-4-14-37-26/h3-4,7-11,14,18-19,22-23,47H,5-6,12-13,15-17H2,1-2H3,(H2,36,44)(H2,35,38,39). The van der Waals surface area contributed by atoms with Crippen LogP contribution in [0.5, 0.6) is 0 Å². The number of benzene rings is 1. The lowest BCUT2D eigenvalue weighted by Gasteiger charge is -2.35. The molecule has 0 spiro atoms. The monoisotopic (exact) mass is 635 g/mol. The number of likely N-dealkylation sites (tertiary alicyclic amines) is 1. The number of hydrogen-bond acceptors (Lipinski definition) is 8. The molecule has 0 aliphatic carbocycles. The first kappa shape index (κ1) is 30.4. The average molecular weight is 636 g/mol. The summed E-state index contributed by atoms with van der Waals surface area (Å²) in [6.45, 7) is 4.66. The molecule has 242 valence electrons. The van der Waals surface area contributed by atoms with Gasteiger partial charge in [-0.2, -0.15) is 9.78 Å². The van der Waals surface area contributed by atoms with Crippen molar-refractivity contribution in [1.29, 1.82) is 0 Å². The Kier molecular flexibility index (Phi) is 7.43. The Labute approximate surface area is 270 Å². The van der Waals surface area contributed by atoms with E-state index >= 15 is 0 Å². The summed E-state index contributed by atoms with van der Waals surface area (Å²) in [6, 6.07) is 15.5. The summed E-state index contributed by atoms with van der Waals surface area (Å²) in [4.78, 5) is 49.2. The highest BCUT2D eigenvalue weighted by molar-refractivity contribution is 5.94. The van der Waals surface area contributed by atoms with Crippen molar-refractivity contribution in [3.8, 4) is 16.9 Å². The summed E-state index contributed by atoms with van der Waals surface area (Å²) in [5.41, 5.74) is 15.4. The van der Waals surface area contributed by atoms with E-state index in [9.17, 15) is 19.5 Å². The average Bonchev–Trinajstić information content (AvgIpc) is 3.61. The molecule has 13 heteroatoms. The van der Waals surface area contributed by atoms with Gasteiger partial charge < -0.3 is 21.5 Å². The second kappa shape index (κ2) is 11.5. The number of carbonyl (C=O) groups excluding carboxylic acids is 2. The number of nitrogen functional groups attached to an aromatic ring is 1. The maximum absolute atomic E-state index is 13.5. The van der Waals surface area contributed by atoms with Crippen LogP contribution in [0.4, 0.5) is 5.82 Å². The number of hydrogen-bond donors (Lipinski definition) is 3. The fourth-order valence-corrected chi connectivity index (χ4v) is 7.24. The van der Waals surface area contributed by atoms with E-state index < -0.39 is 17.1 Å². The predicted molar refractivity (Wildman–Crippen MR) is 175 cm³/mol. The number of carbonyl (C=O) groups is 2. The molecule has 2 amide bonds. The Morgan fingerprint density at radius 3 is 2.40 bits per heavy atom. The number of aromatic nitrogens is 6. The summed E-state index contributed by atoms with van der Waals surface area (Å²) in [6.07, 6.45) is 6.06. The van der Waals surface area contributed by atoms with Crippen LogP contribution in [0.15, 0.2) is 65.8 Å². The SMILES string of the molecule is CC(C)(O)C(=O)N1CCC(c2cc(-c3ccc(C4CCCn5c4c(C(N)=O)c(=O)n5-c4ccccn4)cc3)c3c(N)ncnn23)CC1. The second-order valence-electron chi connectivity index (χ2n) is 12.9. The predicted octanol–water partition coefficient (Wildman–Crippen LogP) is 2.83. The van der Waals surface area contributed by atoms with E-state index in [1.807, 2.05) is 33.5 Å². The Morgan fingerprint density at radius 1 is 1.00 bits per heavy atom. The zero-order chi connectivity index (χ0) is 33.0. The van der Waals surface area contributed by atoms with Gasteiger partial charge >= 0.3 is 0 Å². The zero-order valence-corrected chi connectivity index (χ0v) is 26.3. The lowest BCUT2D eigenvalue weighted by atomic mass is 9.86. The summed E-state index contributed by atoms with van der Waals surface area (Å²) >= 11 is 0. The molecular formula is C34H37N9O4. The maximum atomic E-state index is 13.5. The van der Waals surface area contributed by atoms with Gasteiger partial charge in [-0.1, -0.05) is 30.3 Å². The lowest BCUT2D eigenvalue weighted by Crippen LogP contribution is -2.48. The van der Waals surface area contributed by atoms with E-state index in [0.29, 0.717) is 42.5 Å². The van der Waals surface area contributed by atoms with Crippen molar-refractivity contribution >= 4 is 23.1 Å². The third kappa shape index (κ3) is 5.16. The molecule has 2 aliphatic heterocycles. The van der Waals surface area contributed by atoms with Crippen LogP contribution in [0.2, 0.25) is 0 Å². The lowest BCUT2D eigenvalue weighted by molar-refractivity contribution is -0.148. The number of anilines is 1. The van der Waals surface area contributed by atoms with Crippen LogP contribution in [0.3, 0.4) is 0 Å². The van der Waals surface area contributed by atoms with Crippen LogP contribution in [0, 0.1) is 0 Å². The van der Waals surface area contributed by atoms with Gasteiger partial charge in [0.1, 0.15) is 23.0 Å². The highest BCUT2D eigenvalue weighted by Gasteiger charge is 2.35. The van der Waals surface area contributed by atoms with Gasteiger partial charge in [0, 0.05) is 48.9 Å². The molecule has 1 aromatic carbocycles. The van der Waals surface area contributed by atoms with Crippen LogP contribution >= 0.6 is 0 Å². The molecule has 2 aliphatic rings. The van der Waals surface area contributed by atoms with E-state index in [4.69, 9.17) is 11.5 Å². The van der Waals surface area contributed by atoms with Crippen molar-refractivity contribution in [1.82, 2.24) is 33.8 Å². The number of piperidine rings is 1. The molecule has 1 atom stereocenters. The summed E-state index contributed by atoms with van der Waals surface area (Å²) in [5.74, 6) is -0.314. The van der Waals surface area contributed by atoms with Crippen LogP contribution in [-0.4, -0.2) is 69.5 Å². The fourth-order valence-electron chi connectivity index (χ4n) is 7.24. The Morgan fingerprint density at radius 2 is 1.74 bits per heavy atom. The minimum Gasteiger partial charge on any atom is -0.382 e. The van der Waals surface area contributed by atoms with E-state index in [0.717, 1.165) is 48.1 Å². The Hall–Kier alpha value is -5.30. The van der Waals surface area contributed by atoms with Crippen molar-refractivity contribution < 1.29 is 14.7 Å². The molecule has 0 saturated carbocycles. The number of fused-ring (bicyclic) bond motifs is 2. The Balaban J connectivity index is 1.23. The Bertz CT molecular complexity index is 2050. The summed E-state index contributed by atoms with van der Waals surface area (Å²) in [5, 5.41) is 14.8. The number of rotatable bonds is 6. The molecule has 47 heavy (non-hydrogen) atoms. The smallest absolute Gasteiger partial charge is 0.286 e. The molecule has 13 nitrogen and oxygen atoms in total. The minimum absolute atomic E-state index is 0.00674. The topological polar surface area (TPSA) is 180 Å². The molecule has 7 rings (SSSR count). The molecule has 1 unspecified atom stereocenters. The quantitative estimate of drug-likeness (QED) is 0.255. The number of primary amides is 1. The third-order valence-electron chi connectivity index (χ3n) is 9.45. The van der Waals surface area contributed by atoms with E-state index in [2.05, 4.69) is 21.1 Å². The molecule has 1 fully saturated rings. The first-order valence-corrected chi connectivity index (χ1v) is 15.9. The van der Waals surface area contributed by atoms with Gasteiger partial charge in [-0.15, -0.1) is 0 Å². The van der Waals surface area contributed by atoms with Crippen molar-refractivity contribution in [3.05, 3.63) is 93.9 Å². The first-order chi connectivity index (χ1) is 22.5. The molecule has 6 heterocycles. The van der Waals surface area contributed by atoms with Crippen LogP contribution in [0.25, 0.3) is 22.5 Å².